The zero-order valence-corrected chi connectivity index (χ0v) is 14.1. The van der Waals surface area contributed by atoms with Gasteiger partial charge in [-0.3, -0.25) is 9.89 Å². The third kappa shape index (κ3) is 4.13. The lowest BCUT2D eigenvalue weighted by molar-refractivity contribution is -0.141. The van der Waals surface area contributed by atoms with Crippen molar-refractivity contribution in [1.29, 1.82) is 0 Å². The predicted molar refractivity (Wildman–Crippen MR) is 85.3 cm³/mol. The molecule has 0 saturated carbocycles. The Balaban J connectivity index is 1.93. The molecule has 1 aliphatic rings. The molecule has 1 fully saturated rings. The van der Waals surface area contributed by atoms with E-state index in [2.05, 4.69) is 21.0 Å². The van der Waals surface area contributed by atoms with E-state index in [9.17, 15) is 27.2 Å². The Morgan fingerprint density at radius 3 is 2.63 bits per heavy atom. The minimum absolute atomic E-state index is 0.00985. The number of benzene rings is 1. The van der Waals surface area contributed by atoms with E-state index in [1.807, 2.05) is 5.10 Å². The number of nitrogens with zero attached hydrogens (tertiary/aromatic N) is 1. The van der Waals surface area contributed by atoms with Gasteiger partial charge in [0.05, 0.1) is 16.8 Å². The largest absolute Gasteiger partial charge is 0.432 e. The van der Waals surface area contributed by atoms with E-state index in [1.54, 1.807) is 0 Å². The van der Waals surface area contributed by atoms with Gasteiger partial charge in [0.2, 0.25) is 5.91 Å². The highest BCUT2D eigenvalue weighted by molar-refractivity contribution is 6.30. The second-order valence-electron chi connectivity index (χ2n) is 5.73. The number of aromatic nitrogens is 2. The lowest BCUT2D eigenvalue weighted by Gasteiger charge is -2.19. The van der Waals surface area contributed by atoms with E-state index in [0.717, 1.165) is 12.1 Å². The predicted octanol–water partition coefficient (Wildman–Crippen LogP) is 2.11. The molecule has 27 heavy (non-hydrogen) atoms. The van der Waals surface area contributed by atoms with Gasteiger partial charge in [-0.05, 0) is 23.8 Å². The Kier molecular flexibility index (Phi) is 4.96. The van der Waals surface area contributed by atoms with Gasteiger partial charge < -0.3 is 16.0 Å². The van der Waals surface area contributed by atoms with Crippen LogP contribution in [-0.4, -0.2) is 34.7 Å². The van der Waals surface area contributed by atoms with Crippen LogP contribution in [0, 0.1) is 5.82 Å². The molecule has 0 spiro atoms. The number of hydrogen-bond acceptors (Lipinski definition) is 3. The van der Waals surface area contributed by atoms with Gasteiger partial charge in [-0.2, -0.15) is 18.3 Å². The fraction of sp³-hybridized carbons (Fsp3) is 0.267. The van der Waals surface area contributed by atoms with Crippen LogP contribution in [0.3, 0.4) is 0 Å². The average molecular weight is 406 g/mol. The number of amides is 3. The number of urea groups is 1. The first kappa shape index (κ1) is 19.0. The van der Waals surface area contributed by atoms with Crippen molar-refractivity contribution in [3.8, 4) is 0 Å². The van der Waals surface area contributed by atoms with Crippen LogP contribution in [0.1, 0.15) is 23.0 Å². The van der Waals surface area contributed by atoms with Crippen molar-refractivity contribution in [2.24, 2.45) is 0 Å². The normalized spacial score (nSPS) is 18.0. The number of hydrogen-bond donors (Lipinski definition) is 4. The van der Waals surface area contributed by atoms with Crippen molar-refractivity contribution in [3.05, 3.63) is 52.1 Å². The molecule has 0 bridgehead atoms. The summed E-state index contributed by atoms with van der Waals surface area (Å²) in [4.78, 5) is 23.5. The summed E-state index contributed by atoms with van der Waals surface area (Å²) in [6.45, 7) is 0.00985. The smallest absolute Gasteiger partial charge is 0.342 e. The Bertz CT molecular complexity index is 885. The van der Waals surface area contributed by atoms with Crippen LogP contribution in [0.2, 0.25) is 5.02 Å². The maximum absolute atomic E-state index is 13.4. The quantitative estimate of drug-likeness (QED) is 0.586. The SMILES string of the molecule is O=C1NC[C@@H](C(=O)NC(c2ccc(F)c(Cl)c2)c2cc(C(F)(F)F)[nH]n2)N1. The van der Waals surface area contributed by atoms with Crippen LogP contribution in [0.4, 0.5) is 22.4 Å². The van der Waals surface area contributed by atoms with Crippen LogP contribution >= 0.6 is 11.6 Å². The van der Waals surface area contributed by atoms with Crippen molar-refractivity contribution in [2.45, 2.75) is 18.3 Å². The van der Waals surface area contributed by atoms with E-state index in [1.165, 1.54) is 12.1 Å². The molecular formula is C15H12ClF4N5O2. The summed E-state index contributed by atoms with van der Waals surface area (Å²) in [6.07, 6.45) is -4.66. The maximum Gasteiger partial charge on any atom is 0.432 e. The summed E-state index contributed by atoms with van der Waals surface area (Å²) in [6, 6.07) is 1.57. The van der Waals surface area contributed by atoms with E-state index in [0.29, 0.717) is 0 Å². The molecular weight excluding hydrogens is 394 g/mol. The van der Waals surface area contributed by atoms with Crippen LogP contribution < -0.4 is 16.0 Å². The zero-order chi connectivity index (χ0) is 19.8. The monoisotopic (exact) mass is 405 g/mol. The minimum Gasteiger partial charge on any atom is -0.342 e. The van der Waals surface area contributed by atoms with E-state index in [-0.39, 0.29) is 22.8 Å². The van der Waals surface area contributed by atoms with Gasteiger partial charge in [0, 0.05) is 6.54 Å². The fourth-order valence-corrected chi connectivity index (χ4v) is 2.70. The van der Waals surface area contributed by atoms with Gasteiger partial charge in [-0.1, -0.05) is 17.7 Å². The third-order valence-corrected chi connectivity index (χ3v) is 4.14. The molecule has 3 rings (SSSR count). The first-order valence-electron chi connectivity index (χ1n) is 7.57. The Labute approximate surface area is 154 Å². The number of rotatable bonds is 4. The third-order valence-electron chi connectivity index (χ3n) is 3.85. The highest BCUT2D eigenvalue weighted by Crippen LogP contribution is 2.31. The van der Waals surface area contributed by atoms with E-state index in [4.69, 9.17) is 11.6 Å². The summed E-state index contributed by atoms with van der Waals surface area (Å²) in [7, 11) is 0. The molecule has 2 aromatic rings. The summed E-state index contributed by atoms with van der Waals surface area (Å²) >= 11 is 5.74. The van der Waals surface area contributed by atoms with E-state index < -0.39 is 41.7 Å². The van der Waals surface area contributed by atoms with Crippen molar-refractivity contribution in [3.63, 3.8) is 0 Å². The molecule has 7 nitrogen and oxygen atoms in total. The second-order valence-corrected chi connectivity index (χ2v) is 6.13. The molecule has 144 valence electrons. The standard InChI is InChI=1S/C15H12ClF4N5O2/c16-7-3-6(1-2-8(7)17)12(9-4-11(25-24-9)15(18,19)20)23-13(26)10-5-21-14(27)22-10/h1-4,10,12H,5H2,(H,23,26)(H,24,25)(H2,21,22,27)/t10-,12?/m0/s1. The summed E-state index contributed by atoms with van der Waals surface area (Å²) < 4.78 is 52.0. The fourth-order valence-electron chi connectivity index (χ4n) is 2.51. The highest BCUT2D eigenvalue weighted by atomic mass is 35.5. The van der Waals surface area contributed by atoms with Gasteiger partial charge >= 0.3 is 12.2 Å². The van der Waals surface area contributed by atoms with Crippen molar-refractivity contribution < 1.29 is 27.2 Å². The zero-order valence-electron chi connectivity index (χ0n) is 13.3. The first-order valence-corrected chi connectivity index (χ1v) is 7.95. The number of H-pyrrole nitrogens is 1. The van der Waals surface area contributed by atoms with Gasteiger partial charge in [-0.25, -0.2) is 9.18 Å². The van der Waals surface area contributed by atoms with Gasteiger partial charge in [-0.15, -0.1) is 0 Å². The summed E-state index contributed by atoms with van der Waals surface area (Å²) in [5, 5.41) is 12.4. The molecule has 1 saturated heterocycles. The van der Waals surface area contributed by atoms with Crippen molar-refractivity contribution in [1.82, 2.24) is 26.1 Å². The van der Waals surface area contributed by atoms with Crippen LogP contribution in [-0.2, 0) is 11.0 Å². The van der Waals surface area contributed by atoms with Crippen molar-refractivity contribution >= 4 is 23.5 Å². The molecule has 12 heteroatoms. The molecule has 2 heterocycles. The van der Waals surface area contributed by atoms with E-state index >= 15 is 0 Å². The Morgan fingerprint density at radius 1 is 1.33 bits per heavy atom. The molecule has 1 unspecified atom stereocenters. The molecule has 1 aromatic heterocycles. The molecule has 3 amide bonds. The van der Waals surface area contributed by atoms with Crippen molar-refractivity contribution in [2.75, 3.05) is 6.54 Å². The molecule has 2 atom stereocenters. The average Bonchev–Trinajstić information content (AvgIpc) is 3.24. The second kappa shape index (κ2) is 7.06. The topological polar surface area (TPSA) is 98.9 Å². The molecule has 1 aromatic carbocycles. The highest BCUT2D eigenvalue weighted by Gasteiger charge is 2.35. The molecule has 0 aliphatic carbocycles. The number of carbonyl (C=O) groups is 2. The molecule has 0 radical (unpaired) electrons. The first-order chi connectivity index (χ1) is 12.6. The number of alkyl halides is 3. The number of halogens is 5. The maximum atomic E-state index is 13.4. The molecule has 4 N–H and O–H groups in total. The summed E-state index contributed by atoms with van der Waals surface area (Å²) in [5.74, 6) is -1.38. The van der Waals surface area contributed by atoms with Gasteiger partial charge in [0.1, 0.15) is 17.6 Å². The summed E-state index contributed by atoms with van der Waals surface area (Å²) in [5.41, 5.74) is -1.05. The van der Waals surface area contributed by atoms with Gasteiger partial charge in [0.15, 0.2) is 0 Å². The van der Waals surface area contributed by atoms with Crippen LogP contribution in [0.5, 0.6) is 0 Å². The Hall–Kier alpha value is -2.82. The minimum atomic E-state index is -4.66. The Morgan fingerprint density at radius 2 is 2.07 bits per heavy atom. The lowest BCUT2D eigenvalue weighted by Crippen LogP contribution is -2.44. The van der Waals surface area contributed by atoms with Crippen LogP contribution in [0.15, 0.2) is 24.3 Å². The number of aromatic amines is 1. The molecule has 1 aliphatic heterocycles. The van der Waals surface area contributed by atoms with Crippen LogP contribution in [0.25, 0.3) is 0 Å². The number of nitrogens with one attached hydrogen (secondary N) is 4. The number of carbonyl (C=O) groups excluding carboxylic acids is 2. The van der Waals surface area contributed by atoms with Gasteiger partial charge in [0.25, 0.3) is 0 Å². The lowest BCUT2D eigenvalue weighted by atomic mass is 10.0.